The van der Waals surface area contributed by atoms with Gasteiger partial charge in [0.15, 0.2) is 5.16 Å². The number of carbonyl (C=O) groups is 2. The fraction of sp³-hybridized carbons (Fsp3) is 0.700. The number of ether oxygens (including phenoxy) is 1. The molecule has 0 bridgehead atoms. The van der Waals surface area contributed by atoms with E-state index in [-0.39, 0.29) is 40.8 Å². The van der Waals surface area contributed by atoms with Crippen molar-refractivity contribution in [3.8, 4) is 0 Å². The van der Waals surface area contributed by atoms with Gasteiger partial charge in [0, 0.05) is 30.6 Å². The summed E-state index contributed by atoms with van der Waals surface area (Å²) in [6.45, 7) is 9.76. The minimum atomic E-state index is -0.234. The van der Waals surface area contributed by atoms with E-state index in [1.807, 2.05) is 30.6 Å². The number of aromatic nitrogens is 2. The lowest BCUT2D eigenvalue weighted by atomic mass is 9.92. The van der Waals surface area contributed by atoms with Crippen LogP contribution in [0.2, 0.25) is 0 Å². The van der Waals surface area contributed by atoms with Crippen LogP contribution >= 0.6 is 11.8 Å². The van der Waals surface area contributed by atoms with Crippen LogP contribution in [0.25, 0.3) is 0 Å². The molecule has 0 aliphatic carbocycles. The highest BCUT2D eigenvalue weighted by atomic mass is 32.2. The number of likely N-dealkylation sites (tertiary alicyclic amines) is 1. The summed E-state index contributed by atoms with van der Waals surface area (Å²) < 4.78 is 5.19. The van der Waals surface area contributed by atoms with E-state index >= 15 is 0 Å². The van der Waals surface area contributed by atoms with E-state index in [0.29, 0.717) is 30.5 Å². The number of aromatic amines is 1. The van der Waals surface area contributed by atoms with Gasteiger partial charge in [0.1, 0.15) is 6.61 Å². The first-order chi connectivity index (χ1) is 13.7. The molecular formula is C20H30N4O4S. The van der Waals surface area contributed by atoms with Crippen molar-refractivity contribution < 1.29 is 14.3 Å². The summed E-state index contributed by atoms with van der Waals surface area (Å²) in [5.41, 5.74) is 0.270. The number of hydrogen-bond acceptors (Lipinski definition) is 6. The quantitative estimate of drug-likeness (QED) is 0.578. The van der Waals surface area contributed by atoms with E-state index in [0.717, 1.165) is 19.3 Å². The Hall–Kier alpha value is -2.03. The largest absolute Gasteiger partial charge is 0.447 e. The fourth-order valence-corrected chi connectivity index (χ4v) is 4.51. The molecule has 0 aromatic carbocycles. The molecule has 2 amide bonds. The predicted octanol–water partition coefficient (Wildman–Crippen LogP) is 2.38. The molecule has 1 N–H and O–H groups in total. The molecule has 29 heavy (non-hydrogen) atoms. The second-order valence-corrected chi connectivity index (χ2v) is 9.60. The number of carbonyl (C=O) groups excluding carboxylic acids is 2. The zero-order valence-electron chi connectivity index (χ0n) is 17.6. The van der Waals surface area contributed by atoms with Gasteiger partial charge in [0.2, 0.25) is 5.91 Å². The fourth-order valence-electron chi connectivity index (χ4n) is 3.74. The molecule has 8 nitrogen and oxygen atoms in total. The molecule has 2 aliphatic rings. The number of amides is 2. The molecule has 0 saturated carbocycles. The van der Waals surface area contributed by atoms with E-state index < -0.39 is 0 Å². The lowest BCUT2D eigenvalue weighted by Crippen LogP contribution is -2.50. The summed E-state index contributed by atoms with van der Waals surface area (Å²) in [5, 5.41) is 0.469. The molecule has 1 atom stereocenters. The molecule has 0 radical (unpaired) electrons. The Morgan fingerprint density at radius 1 is 1.31 bits per heavy atom. The van der Waals surface area contributed by atoms with Gasteiger partial charge in [-0.1, -0.05) is 39.5 Å². The number of thioether (sulfide) groups is 1. The van der Waals surface area contributed by atoms with Crippen LogP contribution in [-0.2, 0) is 14.9 Å². The standard InChI is InChI=1S/C20H30N4O4S/c1-5-13-11-28-19(27)24(13)14-6-8-23(9-7-14)17(26)12-29-18-21-15(20(2,3)4)10-16(25)22-18/h10,13-14H,5-9,11-12H2,1-4H3,(H,21,22,25). The lowest BCUT2D eigenvalue weighted by molar-refractivity contribution is -0.129. The van der Waals surface area contributed by atoms with Gasteiger partial charge in [0.05, 0.1) is 17.5 Å². The van der Waals surface area contributed by atoms with Crippen LogP contribution in [0.4, 0.5) is 4.79 Å². The van der Waals surface area contributed by atoms with Gasteiger partial charge in [-0.25, -0.2) is 9.78 Å². The Balaban J connectivity index is 1.54. The Morgan fingerprint density at radius 2 is 2.00 bits per heavy atom. The number of nitrogens with one attached hydrogen (secondary N) is 1. The molecule has 1 aromatic rings. The van der Waals surface area contributed by atoms with Gasteiger partial charge < -0.3 is 14.6 Å². The van der Waals surface area contributed by atoms with Crippen molar-refractivity contribution in [1.29, 1.82) is 0 Å². The van der Waals surface area contributed by atoms with Crippen molar-refractivity contribution in [2.75, 3.05) is 25.4 Å². The zero-order chi connectivity index (χ0) is 21.2. The first kappa shape index (κ1) is 21.7. The number of rotatable bonds is 5. The maximum absolute atomic E-state index is 12.6. The highest BCUT2D eigenvalue weighted by molar-refractivity contribution is 7.99. The van der Waals surface area contributed by atoms with Crippen LogP contribution in [0.3, 0.4) is 0 Å². The van der Waals surface area contributed by atoms with Crippen LogP contribution in [0.15, 0.2) is 16.0 Å². The SMILES string of the molecule is CCC1COC(=O)N1C1CCN(C(=O)CSc2nc(C(C)(C)C)cc(=O)[nH]2)CC1. The van der Waals surface area contributed by atoms with Crippen molar-refractivity contribution in [2.45, 2.75) is 69.6 Å². The van der Waals surface area contributed by atoms with Crippen molar-refractivity contribution in [3.05, 3.63) is 22.1 Å². The predicted molar refractivity (Wildman–Crippen MR) is 111 cm³/mol. The van der Waals surface area contributed by atoms with Gasteiger partial charge in [-0.05, 0) is 19.3 Å². The highest BCUT2D eigenvalue weighted by Gasteiger charge is 2.38. The van der Waals surface area contributed by atoms with Gasteiger partial charge in [-0.15, -0.1) is 0 Å². The molecule has 2 fully saturated rings. The smallest absolute Gasteiger partial charge is 0.410 e. The van der Waals surface area contributed by atoms with E-state index in [2.05, 4.69) is 16.9 Å². The summed E-state index contributed by atoms with van der Waals surface area (Å²) in [6, 6.07) is 1.78. The second-order valence-electron chi connectivity index (χ2n) is 8.63. The normalized spacial score (nSPS) is 20.8. The van der Waals surface area contributed by atoms with Crippen molar-refractivity contribution >= 4 is 23.8 Å². The van der Waals surface area contributed by atoms with Crippen LogP contribution in [0.1, 0.15) is 52.7 Å². The molecule has 3 rings (SSSR count). The maximum atomic E-state index is 12.6. The average molecular weight is 423 g/mol. The third-order valence-electron chi connectivity index (χ3n) is 5.51. The Labute approximate surface area is 175 Å². The van der Waals surface area contributed by atoms with E-state index in [1.165, 1.54) is 17.8 Å². The van der Waals surface area contributed by atoms with E-state index in [9.17, 15) is 14.4 Å². The Kier molecular flexibility index (Phi) is 6.55. The Bertz CT molecular complexity index is 811. The molecule has 0 spiro atoms. The minimum absolute atomic E-state index is 0.0216. The number of H-pyrrole nitrogens is 1. The third-order valence-corrected chi connectivity index (χ3v) is 6.36. The topological polar surface area (TPSA) is 95.6 Å². The van der Waals surface area contributed by atoms with E-state index in [4.69, 9.17) is 4.74 Å². The monoisotopic (exact) mass is 422 g/mol. The minimum Gasteiger partial charge on any atom is -0.447 e. The molecule has 1 aromatic heterocycles. The van der Waals surface area contributed by atoms with Crippen LogP contribution in [0.5, 0.6) is 0 Å². The molecule has 2 aliphatic heterocycles. The zero-order valence-corrected chi connectivity index (χ0v) is 18.4. The second kappa shape index (κ2) is 8.77. The van der Waals surface area contributed by atoms with Crippen LogP contribution < -0.4 is 5.56 Å². The number of hydrogen-bond donors (Lipinski definition) is 1. The first-order valence-electron chi connectivity index (χ1n) is 10.2. The maximum Gasteiger partial charge on any atom is 0.410 e. The summed E-state index contributed by atoms with van der Waals surface area (Å²) >= 11 is 1.25. The number of cyclic esters (lactones) is 1. The number of piperidine rings is 1. The summed E-state index contributed by atoms with van der Waals surface area (Å²) in [4.78, 5) is 47.4. The van der Waals surface area contributed by atoms with Crippen molar-refractivity contribution in [3.63, 3.8) is 0 Å². The van der Waals surface area contributed by atoms with Gasteiger partial charge in [0.25, 0.3) is 5.56 Å². The van der Waals surface area contributed by atoms with Crippen LogP contribution in [-0.4, -0.2) is 69.3 Å². The summed E-state index contributed by atoms with van der Waals surface area (Å²) in [7, 11) is 0. The third kappa shape index (κ3) is 5.12. The molecule has 3 heterocycles. The number of nitrogens with zero attached hydrogens (tertiary/aromatic N) is 3. The molecular weight excluding hydrogens is 392 g/mol. The molecule has 9 heteroatoms. The lowest BCUT2D eigenvalue weighted by Gasteiger charge is -2.37. The highest BCUT2D eigenvalue weighted by Crippen LogP contribution is 2.26. The molecule has 2 saturated heterocycles. The summed E-state index contributed by atoms with van der Waals surface area (Å²) in [6.07, 6.45) is 2.17. The summed E-state index contributed by atoms with van der Waals surface area (Å²) in [5.74, 6) is 0.248. The first-order valence-corrected chi connectivity index (χ1v) is 11.1. The van der Waals surface area contributed by atoms with Gasteiger partial charge >= 0.3 is 6.09 Å². The molecule has 160 valence electrons. The van der Waals surface area contributed by atoms with E-state index in [1.54, 1.807) is 0 Å². The van der Waals surface area contributed by atoms with Crippen LogP contribution in [0, 0.1) is 0 Å². The van der Waals surface area contributed by atoms with Gasteiger partial charge in [-0.2, -0.15) is 0 Å². The van der Waals surface area contributed by atoms with Crippen molar-refractivity contribution in [2.24, 2.45) is 0 Å². The average Bonchev–Trinajstić information content (AvgIpc) is 3.05. The Morgan fingerprint density at radius 3 is 2.62 bits per heavy atom. The van der Waals surface area contributed by atoms with Gasteiger partial charge in [-0.3, -0.25) is 14.5 Å². The van der Waals surface area contributed by atoms with Crippen molar-refractivity contribution in [1.82, 2.24) is 19.8 Å². The molecule has 1 unspecified atom stereocenters.